The molecule has 1 heterocycles. The monoisotopic (exact) mass is 266 g/mol. The second-order valence-corrected chi connectivity index (χ2v) is 6.62. The molecule has 1 atom stereocenters. The molecule has 0 bridgehead atoms. The van der Waals surface area contributed by atoms with Crippen molar-refractivity contribution in [1.29, 1.82) is 0 Å². The Morgan fingerprint density at radius 3 is 2.61 bits per heavy atom. The molecule has 0 spiro atoms. The van der Waals surface area contributed by atoms with Crippen molar-refractivity contribution >= 4 is 11.3 Å². The van der Waals surface area contributed by atoms with Gasteiger partial charge in [-0.1, -0.05) is 26.7 Å². The first-order valence-corrected chi connectivity index (χ1v) is 8.14. The zero-order valence-corrected chi connectivity index (χ0v) is 12.5. The highest BCUT2D eigenvalue weighted by Crippen LogP contribution is 2.32. The third-order valence-electron chi connectivity index (χ3n) is 3.92. The molecule has 1 aromatic heterocycles. The smallest absolute Gasteiger partial charge is 0.0481 e. The molecule has 18 heavy (non-hydrogen) atoms. The Bertz CT molecular complexity index is 328. The van der Waals surface area contributed by atoms with Crippen LogP contribution in [0.3, 0.4) is 0 Å². The molecule has 2 N–H and O–H groups in total. The molecule has 1 unspecified atom stereocenters. The number of thiophene rings is 1. The first-order chi connectivity index (χ1) is 8.72. The van der Waals surface area contributed by atoms with Gasteiger partial charge < -0.3 is 5.73 Å². The van der Waals surface area contributed by atoms with Crippen molar-refractivity contribution in [2.45, 2.75) is 51.6 Å². The zero-order chi connectivity index (χ0) is 13.0. The van der Waals surface area contributed by atoms with Crippen LogP contribution in [0.25, 0.3) is 0 Å². The Morgan fingerprint density at radius 1 is 1.39 bits per heavy atom. The van der Waals surface area contributed by atoms with Crippen LogP contribution in [0.15, 0.2) is 16.8 Å². The van der Waals surface area contributed by atoms with E-state index in [1.165, 1.54) is 37.8 Å². The van der Waals surface area contributed by atoms with E-state index in [2.05, 4.69) is 35.6 Å². The molecule has 0 radical (unpaired) electrons. The van der Waals surface area contributed by atoms with E-state index >= 15 is 0 Å². The van der Waals surface area contributed by atoms with Crippen molar-refractivity contribution in [3.05, 3.63) is 22.4 Å². The van der Waals surface area contributed by atoms with Gasteiger partial charge >= 0.3 is 0 Å². The van der Waals surface area contributed by atoms with Crippen LogP contribution in [-0.4, -0.2) is 24.0 Å². The molecule has 2 rings (SSSR count). The van der Waals surface area contributed by atoms with Crippen LogP contribution in [0.4, 0.5) is 0 Å². The summed E-state index contributed by atoms with van der Waals surface area (Å²) in [7, 11) is 0. The van der Waals surface area contributed by atoms with Gasteiger partial charge in [-0.2, -0.15) is 11.3 Å². The van der Waals surface area contributed by atoms with E-state index in [1.54, 1.807) is 11.3 Å². The summed E-state index contributed by atoms with van der Waals surface area (Å²) >= 11 is 1.78. The first-order valence-electron chi connectivity index (χ1n) is 7.20. The Labute approximate surface area is 115 Å². The molecule has 1 aliphatic carbocycles. The van der Waals surface area contributed by atoms with Crippen LogP contribution in [0.1, 0.15) is 51.1 Å². The van der Waals surface area contributed by atoms with E-state index in [0.717, 1.165) is 12.6 Å². The van der Waals surface area contributed by atoms with Crippen LogP contribution in [-0.2, 0) is 0 Å². The van der Waals surface area contributed by atoms with E-state index in [-0.39, 0.29) is 0 Å². The van der Waals surface area contributed by atoms with Crippen LogP contribution < -0.4 is 5.73 Å². The van der Waals surface area contributed by atoms with Crippen LogP contribution >= 0.6 is 11.3 Å². The van der Waals surface area contributed by atoms with Gasteiger partial charge in [0.25, 0.3) is 0 Å². The fourth-order valence-electron chi connectivity index (χ4n) is 3.12. The molecule has 1 fully saturated rings. The van der Waals surface area contributed by atoms with Crippen molar-refractivity contribution in [3.63, 3.8) is 0 Å². The molecule has 102 valence electrons. The maximum Gasteiger partial charge on any atom is 0.0481 e. The second kappa shape index (κ2) is 6.69. The van der Waals surface area contributed by atoms with E-state index in [4.69, 9.17) is 5.73 Å². The van der Waals surface area contributed by atoms with Gasteiger partial charge in [0.2, 0.25) is 0 Å². The lowest BCUT2D eigenvalue weighted by Gasteiger charge is -2.37. The maximum atomic E-state index is 6.07. The van der Waals surface area contributed by atoms with E-state index < -0.39 is 0 Å². The van der Waals surface area contributed by atoms with Gasteiger partial charge in [-0.25, -0.2) is 0 Å². The third kappa shape index (κ3) is 3.34. The molecular weight excluding hydrogens is 240 g/mol. The van der Waals surface area contributed by atoms with Crippen LogP contribution in [0, 0.1) is 5.92 Å². The van der Waals surface area contributed by atoms with Crippen molar-refractivity contribution in [3.8, 4) is 0 Å². The molecule has 0 saturated heterocycles. The minimum atomic E-state index is 0.418. The number of hydrogen-bond donors (Lipinski definition) is 1. The Balaban J connectivity index is 2.14. The van der Waals surface area contributed by atoms with Gasteiger partial charge in [-0.3, -0.25) is 4.90 Å². The number of hydrogen-bond acceptors (Lipinski definition) is 3. The lowest BCUT2D eigenvalue weighted by Crippen LogP contribution is -2.42. The molecule has 1 aromatic rings. The quantitative estimate of drug-likeness (QED) is 0.851. The standard InChI is InChI=1S/C15H26N2S/c1-12(2)10-17(14-5-3-4-6-14)15(9-16)13-7-8-18-11-13/h7-8,11-12,14-15H,3-6,9-10,16H2,1-2H3. The van der Waals surface area contributed by atoms with Gasteiger partial charge in [0.1, 0.15) is 0 Å². The van der Waals surface area contributed by atoms with Gasteiger partial charge in [0.15, 0.2) is 0 Å². The molecular formula is C15H26N2S. The SMILES string of the molecule is CC(C)CN(C1CCCC1)C(CN)c1ccsc1. The van der Waals surface area contributed by atoms with Gasteiger partial charge in [-0.05, 0) is 41.1 Å². The minimum absolute atomic E-state index is 0.418. The van der Waals surface area contributed by atoms with Gasteiger partial charge in [-0.15, -0.1) is 0 Å². The highest BCUT2D eigenvalue weighted by atomic mass is 32.1. The molecule has 2 nitrogen and oxygen atoms in total. The minimum Gasteiger partial charge on any atom is -0.329 e. The first kappa shape index (κ1) is 14.0. The van der Waals surface area contributed by atoms with Crippen molar-refractivity contribution in [1.82, 2.24) is 4.90 Å². The summed E-state index contributed by atoms with van der Waals surface area (Å²) in [5.41, 5.74) is 7.48. The predicted octanol–water partition coefficient (Wildman–Crippen LogP) is 3.65. The normalized spacial score (nSPS) is 18.9. The van der Waals surface area contributed by atoms with E-state index in [1.807, 2.05) is 0 Å². The van der Waals surface area contributed by atoms with Crippen molar-refractivity contribution < 1.29 is 0 Å². The van der Waals surface area contributed by atoms with Crippen molar-refractivity contribution in [2.24, 2.45) is 11.7 Å². The highest BCUT2D eigenvalue weighted by Gasteiger charge is 2.29. The molecule has 1 aliphatic rings. The molecule has 1 saturated carbocycles. The topological polar surface area (TPSA) is 29.3 Å². The summed E-state index contributed by atoms with van der Waals surface area (Å²) in [5, 5.41) is 4.43. The third-order valence-corrected chi connectivity index (χ3v) is 4.62. The summed E-state index contributed by atoms with van der Waals surface area (Å²) in [6.07, 6.45) is 5.49. The lowest BCUT2D eigenvalue weighted by atomic mass is 10.0. The summed E-state index contributed by atoms with van der Waals surface area (Å²) in [5.74, 6) is 0.707. The van der Waals surface area contributed by atoms with Crippen molar-refractivity contribution in [2.75, 3.05) is 13.1 Å². The fourth-order valence-corrected chi connectivity index (χ4v) is 3.82. The van der Waals surface area contributed by atoms with E-state index in [0.29, 0.717) is 12.0 Å². The largest absolute Gasteiger partial charge is 0.329 e. The maximum absolute atomic E-state index is 6.07. The number of nitrogens with zero attached hydrogens (tertiary/aromatic N) is 1. The Kier molecular flexibility index (Phi) is 5.22. The van der Waals surface area contributed by atoms with Crippen LogP contribution in [0.2, 0.25) is 0 Å². The molecule has 3 heteroatoms. The highest BCUT2D eigenvalue weighted by molar-refractivity contribution is 7.07. The van der Waals surface area contributed by atoms with Gasteiger partial charge in [0, 0.05) is 25.2 Å². The Hall–Kier alpha value is -0.380. The number of nitrogens with two attached hydrogens (primary N) is 1. The average Bonchev–Trinajstić information content (AvgIpc) is 3.01. The van der Waals surface area contributed by atoms with Gasteiger partial charge in [0.05, 0.1) is 0 Å². The lowest BCUT2D eigenvalue weighted by molar-refractivity contribution is 0.122. The van der Waals surface area contributed by atoms with Crippen LogP contribution in [0.5, 0.6) is 0 Å². The second-order valence-electron chi connectivity index (χ2n) is 5.84. The Morgan fingerprint density at radius 2 is 2.11 bits per heavy atom. The number of rotatable bonds is 6. The van der Waals surface area contributed by atoms with E-state index in [9.17, 15) is 0 Å². The fraction of sp³-hybridized carbons (Fsp3) is 0.733. The summed E-state index contributed by atoms with van der Waals surface area (Å²) in [4.78, 5) is 2.68. The zero-order valence-electron chi connectivity index (χ0n) is 11.6. The molecule has 0 aliphatic heterocycles. The predicted molar refractivity (Wildman–Crippen MR) is 79.9 cm³/mol. The molecule has 0 amide bonds. The summed E-state index contributed by atoms with van der Waals surface area (Å²) in [6, 6.07) is 3.41. The summed E-state index contributed by atoms with van der Waals surface area (Å²) in [6.45, 7) is 6.52. The molecule has 0 aromatic carbocycles. The summed E-state index contributed by atoms with van der Waals surface area (Å²) < 4.78 is 0. The average molecular weight is 266 g/mol.